The maximum Gasteiger partial charge on any atom is 0.389 e. The van der Waals surface area contributed by atoms with Crippen LogP contribution in [0.2, 0.25) is 0 Å². The van der Waals surface area contributed by atoms with Crippen LogP contribution in [0, 0.1) is 0 Å². The van der Waals surface area contributed by atoms with Gasteiger partial charge in [0, 0.05) is 35.0 Å². The summed E-state index contributed by atoms with van der Waals surface area (Å²) >= 11 is 3.66. The molecule has 0 aromatic heterocycles. The molecule has 0 bridgehead atoms. The zero-order chi connectivity index (χ0) is 12.0. The van der Waals surface area contributed by atoms with Crippen LogP contribution in [0.4, 0.5) is 13.2 Å². The molecular weight excluding hydrogens is 255 g/mol. The van der Waals surface area contributed by atoms with Crippen LogP contribution < -0.4 is 5.32 Å². The zero-order valence-corrected chi connectivity index (χ0v) is 11.0. The highest BCUT2D eigenvalue weighted by Crippen LogP contribution is 2.30. The Hall–Kier alpha value is 0.450. The second-order valence-electron chi connectivity index (χ2n) is 3.80. The molecule has 1 heterocycles. The summed E-state index contributed by atoms with van der Waals surface area (Å²) in [6.45, 7) is 2.69. The molecule has 0 aromatic rings. The monoisotopic (exact) mass is 273 g/mol. The summed E-state index contributed by atoms with van der Waals surface area (Å²) in [6.07, 6.45) is -4.50. The van der Waals surface area contributed by atoms with E-state index < -0.39 is 12.6 Å². The average Bonchev–Trinajstić information content (AvgIpc) is 2.24. The van der Waals surface area contributed by atoms with Crippen LogP contribution in [0.5, 0.6) is 0 Å². The van der Waals surface area contributed by atoms with Gasteiger partial charge in [-0.25, -0.2) is 0 Å². The van der Waals surface area contributed by atoms with E-state index in [2.05, 4.69) is 5.32 Å². The van der Waals surface area contributed by atoms with E-state index in [1.807, 2.05) is 30.4 Å². The predicted octanol–water partition coefficient (Wildman–Crippen LogP) is 3.16. The van der Waals surface area contributed by atoms with E-state index in [1.165, 1.54) is 0 Å². The first kappa shape index (κ1) is 14.5. The number of rotatable bonds is 5. The van der Waals surface area contributed by atoms with Crippen molar-refractivity contribution in [1.29, 1.82) is 0 Å². The third kappa shape index (κ3) is 5.68. The molecule has 0 amide bonds. The lowest BCUT2D eigenvalue weighted by Gasteiger charge is -2.30. The van der Waals surface area contributed by atoms with Gasteiger partial charge in [0.05, 0.1) is 0 Å². The Kier molecular flexibility index (Phi) is 6.36. The molecule has 2 unspecified atom stereocenters. The highest BCUT2D eigenvalue weighted by molar-refractivity contribution is 8.06. The summed E-state index contributed by atoms with van der Waals surface area (Å²) in [5.41, 5.74) is 0. The minimum absolute atomic E-state index is 0.00410. The molecule has 2 atom stereocenters. The van der Waals surface area contributed by atoms with Gasteiger partial charge in [0.2, 0.25) is 0 Å². The van der Waals surface area contributed by atoms with Gasteiger partial charge < -0.3 is 5.32 Å². The van der Waals surface area contributed by atoms with Crippen molar-refractivity contribution >= 4 is 23.5 Å². The van der Waals surface area contributed by atoms with E-state index >= 15 is 0 Å². The van der Waals surface area contributed by atoms with Gasteiger partial charge in [-0.2, -0.15) is 36.7 Å². The molecule has 6 heteroatoms. The van der Waals surface area contributed by atoms with Crippen molar-refractivity contribution in [3.05, 3.63) is 0 Å². The van der Waals surface area contributed by atoms with E-state index in [0.717, 1.165) is 23.8 Å². The molecule has 0 radical (unpaired) electrons. The topological polar surface area (TPSA) is 12.0 Å². The Bertz CT molecular complexity index is 193. The second kappa shape index (κ2) is 7.01. The Morgan fingerprint density at radius 1 is 1.38 bits per heavy atom. The molecule has 1 N–H and O–H groups in total. The number of nitrogens with one attached hydrogen (secondary N) is 1. The Morgan fingerprint density at radius 3 is 2.62 bits per heavy atom. The van der Waals surface area contributed by atoms with Crippen LogP contribution >= 0.6 is 23.5 Å². The van der Waals surface area contributed by atoms with Crippen LogP contribution in [-0.2, 0) is 0 Å². The molecule has 0 aliphatic carbocycles. The van der Waals surface area contributed by atoms with Gasteiger partial charge in [0.1, 0.15) is 0 Å². The van der Waals surface area contributed by atoms with E-state index in [9.17, 15) is 13.2 Å². The summed E-state index contributed by atoms with van der Waals surface area (Å²) in [6, 6.07) is 0.00410. The van der Waals surface area contributed by atoms with Crippen molar-refractivity contribution < 1.29 is 13.2 Å². The van der Waals surface area contributed by atoms with Crippen LogP contribution in [0.3, 0.4) is 0 Å². The van der Waals surface area contributed by atoms with E-state index in [-0.39, 0.29) is 12.5 Å². The number of halogens is 3. The number of alkyl halides is 3. The quantitative estimate of drug-likeness (QED) is 0.826. The fourth-order valence-electron chi connectivity index (χ4n) is 1.74. The molecule has 1 aliphatic rings. The Labute approximate surface area is 103 Å². The fraction of sp³-hybridized carbons (Fsp3) is 1.00. The minimum atomic E-state index is -4.03. The van der Waals surface area contributed by atoms with Gasteiger partial charge in [0.25, 0.3) is 0 Å². The molecule has 0 spiro atoms. The summed E-state index contributed by atoms with van der Waals surface area (Å²) in [4.78, 5) is 0. The van der Waals surface area contributed by atoms with Gasteiger partial charge in [0.15, 0.2) is 0 Å². The molecule has 16 heavy (non-hydrogen) atoms. The van der Waals surface area contributed by atoms with Crippen LogP contribution in [0.25, 0.3) is 0 Å². The standard InChI is InChI=1S/C10H18F3NS2/c1-2-14-8(3-4-10(11,12)13)9-7-15-5-6-16-9/h8-9,14H,2-7H2,1H3. The van der Waals surface area contributed by atoms with E-state index in [1.54, 1.807) is 0 Å². The molecule has 96 valence electrons. The fourth-order valence-corrected chi connectivity index (χ4v) is 4.67. The van der Waals surface area contributed by atoms with Crippen LogP contribution in [0.1, 0.15) is 19.8 Å². The molecule has 0 aromatic carbocycles. The van der Waals surface area contributed by atoms with E-state index in [4.69, 9.17) is 0 Å². The van der Waals surface area contributed by atoms with Gasteiger partial charge in [-0.1, -0.05) is 6.92 Å². The van der Waals surface area contributed by atoms with Crippen LogP contribution in [0.15, 0.2) is 0 Å². The lowest BCUT2D eigenvalue weighted by molar-refractivity contribution is -0.136. The first-order chi connectivity index (χ1) is 7.53. The smallest absolute Gasteiger partial charge is 0.313 e. The molecule has 1 rings (SSSR count). The lowest BCUT2D eigenvalue weighted by Crippen LogP contribution is -2.41. The SMILES string of the molecule is CCNC(CCC(F)(F)F)C1CSCCS1. The number of hydrogen-bond donors (Lipinski definition) is 1. The van der Waals surface area contributed by atoms with Crippen molar-refractivity contribution in [2.24, 2.45) is 0 Å². The zero-order valence-electron chi connectivity index (χ0n) is 9.35. The maximum atomic E-state index is 12.2. The average molecular weight is 273 g/mol. The highest BCUT2D eigenvalue weighted by Gasteiger charge is 2.31. The second-order valence-corrected chi connectivity index (χ2v) is 6.30. The van der Waals surface area contributed by atoms with Crippen molar-refractivity contribution in [2.45, 2.75) is 37.2 Å². The van der Waals surface area contributed by atoms with Crippen molar-refractivity contribution in [2.75, 3.05) is 23.8 Å². The molecule has 0 saturated carbocycles. The highest BCUT2D eigenvalue weighted by atomic mass is 32.2. The van der Waals surface area contributed by atoms with Gasteiger partial charge in [-0.3, -0.25) is 0 Å². The Balaban J connectivity index is 2.39. The summed E-state index contributed by atoms with van der Waals surface area (Å²) in [7, 11) is 0. The molecule has 1 saturated heterocycles. The maximum absolute atomic E-state index is 12.2. The summed E-state index contributed by atoms with van der Waals surface area (Å²) < 4.78 is 36.6. The van der Waals surface area contributed by atoms with Crippen molar-refractivity contribution in [3.8, 4) is 0 Å². The van der Waals surface area contributed by atoms with Gasteiger partial charge in [-0.05, 0) is 13.0 Å². The largest absolute Gasteiger partial charge is 0.389 e. The van der Waals surface area contributed by atoms with Crippen molar-refractivity contribution in [3.63, 3.8) is 0 Å². The molecule has 1 nitrogen and oxygen atoms in total. The first-order valence-corrected chi connectivity index (χ1v) is 7.72. The number of hydrogen-bond acceptors (Lipinski definition) is 3. The van der Waals surface area contributed by atoms with Gasteiger partial charge >= 0.3 is 6.18 Å². The number of thioether (sulfide) groups is 2. The van der Waals surface area contributed by atoms with E-state index in [0.29, 0.717) is 5.25 Å². The lowest BCUT2D eigenvalue weighted by atomic mass is 10.1. The Morgan fingerprint density at radius 2 is 2.12 bits per heavy atom. The molecule has 1 aliphatic heterocycles. The van der Waals surface area contributed by atoms with Gasteiger partial charge in [-0.15, -0.1) is 0 Å². The van der Waals surface area contributed by atoms with Crippen LogP contribution in [-0.4, -0.2) is 41.3 Å². The van der Waals surface area contributed by atoms with Crippen molar-refractivity contribution in [1.82, 2.24) is 5.32 Å². The predicted molar refractivity (Wildman–Crippen MR) is 66.3 cm³/mol. The normalized spacial score (nSPS) is 24.4. The molecular formula is C10H18F3NS2. The third-order valence-corrected chi connectivity index (χ3v) is 5.42. The molecule has 1 fully saturated rings. The summed E-state index contributed by atoms with van der Waals surface area (Å²) in [5.74, 6) is 3.16. The minimum Gasteiger partial charge on any atom is -0.313 e. The third-order valence-electron chi connectivity index (χ3n) is 2.50. The first-order valence-electron chi connectivity index (χ1n) is 5.52. The summed E-state index contributed by atoms with van der Waals surface area (Å²) in [5, 5.41) is 3.53.